The summed E-state index contributed by atoms with van der Waals surface area (Å²) in [6.45, 7) is 4.49. The third-order valence-corrected chi connectivity index (χ3v) is 7.31. The van der Waals surface area contributed by atoms with E-state index in [2.05, 4.69) is 27.0 Å². The molecule has 27 heavy (non-hydrogen) atoms. The summed E-state index contributed by atoms with van der Waals surface area (Å²) in [7, 11) is 0. The first-order chi connectivity index (χ1) is 13.3. The quantitative estimate of drug-likeness (QED) is 0.827. The molecule has 2 aromatic rings. The van der Waals surface area contributed by atoms with Gasteiger partial charge in [-0.25, -0.2) is 0 Å². The highest BCUT2D eigenvalue weighted by Crippen LogP contribution is 2.30. The fraction of sp³-hybridized carbons (Fsp3) is 0.476. The molecule has 2 aliphatic rings. The third-order valence-electron chi connectivity index (χ3n) is 5.69. The van der Waals surface area contributed by atoms with Crippen molar-refractivity contribution >= 4 is 29.0 Å². The van der Waals surface area contributed by atoms with Gasteiger partial charge in [-0.3, -0.25) is 9.69 Å². The maximum atomic E-state index is 12.7. The second-order valence-electron chi connectivity index (χ2n) is 7.21. The van der Waals surface area contributed by atoms with E-state index in [1.54, 1.807) is 11.3 Å². The molecule has 0 unspecified atom stereocenters. The molecular formula is C21H26N2O2S2. The minimum atomic E-state index is 0.0177. The zero-order valence-electron chi connectivity index (χ0n) is 15.5. The van der Waals surface area contributed by atoms with Gasteiger partial charge in [-0.1, -0.05) is 12.1 Å². The van der Waals surface area contributed by atoms with Gasteiger partial charge >= 0.3 is 0 Å². The Morgan fingerprint density at radius 3 is 2.48 bits per heavy atom. The van der Waals surface area contributed by atoms with Crippen LogP contribution in [0.25, 0.3) is 11.1 Å². The lowest BCUT2D eigenvalue weighted by molar-refractivity contribution is -0.0237. The van der Waals surface area contributed by atoms with E-state index in [1.807, 2.05) is 36.0 Å². The fourth-order valence-electron chi connectivity index (χ4n) is 3.98. The number of thiophene rings is 1. The standard InChI is InChI=1S/C21H26N2O2S2/c24-20(18-3-1-17(2-4-18)19-5-12-27-15-19)22-16-21(6-10-25-11-7-21)23-8-13-26-14-9-23/h1-5,12,15H,6-11,13-14,16H2,(H,22,24). The molecule has 2 fully saturated rings. The molecule has 0 aliphatic carbocycles. The van der Waals surface area contributed by atoms with Crippen molar-refractivity contribution in [2.24, 2.45) is 0 Å². The van der Waals surface area contributed by atoms with E-state index in [-0.39, 0.29) is 11.4 Å². The maximum absolute atomic E-state index is 12.7. The molecule has 144 valence electrons. The summed E-state index contributed by atoms with van der Waals surface area (Å²) in [5.74, 6) is 2.38. The zero-order chi connectivity index (χ0) is 18.5. The van der Waals surface area contributed by atoms with Gasteiger partial charge in [0, 0.05) is 55.5 Å². The molecule has 2 saturated heterocycles. The Morgan fingerprint density at radius 1 is 1.07 bits per heavy atom. The van der Waals surface area contributed by atoms with Crippen LogP contribution in [0, 0.1) is 0 Å². The molecule has 6 heteroatoms. The molecular weight excluding hydrogens is 376 g/mol. The third kappa shape index (κ3) is 4.40. The zero-order valence-corrected chi connectivity index (χ0v) is 17.1. The highest BCUT2D eigenvalue weighted by molar-refractivity contribution is 7.99. The first kappa shape index (κ1) is 19.0. The molecule has 1 aromatic heterocycles. The number of carbonyl (C=O) groups is 1. The fourth-order valence-corrected chi connectivity index (χ4v) is 5.55. The summed E-state index contributed by atoms with van der Waals surface area (Å²) in [6.07, 6.45) is 1.99. The Kier molecular flexibility index (Phi) is 6.18. The van der Waals surface area contributed by atoms with Crippen LogP contribution in [0.2, 0.25) is 0 Å². The number of thioether (sulfide) groups is 1. The van der Waals surface area contributed by atoms with E-state index < -0.39 is 0 Å². The normalized spacial score (nSPS) is 20.3. The maximum Gasteiger partial charge on any atom is 0.251 e. The molecule has 0 bridgehead atoms. The largest absolute Gasteiger partial charge is 0.381 e. The van der Waals surface area contributed by atoms with Crippen molar-refractivity contribution in [2.75, 3.05) is 44.4 Å². The van der Waals surface area contributed by atoms with Gasteiger partial charge < -0.3 is 10.1 Å². The lowest BCUT2D eigenvalue weighted by atomic mass is 9.87. The van der Waals surface area contributed by atoms with Crippen molar-refractivity contribution in [3.05, 3.63) is 46.7 Å². The number of amides is 1. The summed E-state index contributed by atoms with van der Waals surface area (Å²) in [5.41, 5.74) is 3.13. The van der Waals surface area contributed by atoms with Crippen LogP contribution in [-0.4, -0.2) is 60.7 Å². The number of carbonyl (C=O) groups excluding carboxylic acids is 1. The van der Waals surface area contributed by atoms with Crippen LogP contribution in [0.4, 0.5) is 0 Å². The molecule has 0 atom stereocenters. The van der Waals surface area contributed by atoms with Gasteiger partial charge in [-0.05, 0) is 52.9 Å². The van der Waals surface area contributed by atoms with Gasteiger partial charge in [0.05, 0.1) is 0 Å². The molecule has 0 radical (unpaired) electrons. The van der Waals surface area contributed by atoms with Crippen molar-refractivity contribution in [3.63, 3.8) is 0 Å². The average molecular weight is 403 g/mol. The van der Waals surface area contributed by atoms with Crippen molar-refractivity contribution in [2.45, 2.75) is 18.4 Å². The number of rotatable bonds is 5. The molecule has 1 amide bonds. The predicted octanol–water partition coefficient (Wildman–Crippen LogP) is 3.74. The van der Waals surface area contributed by atoms with E-state index in [0.29, 0.717) is 6.54 Å². The van der Waals surface area contributed by atoms with E-state index in [4.69, 9.17) is 4.74 Å². The minimum Gasteiger partial charge on any atom is -0.381 e. The summed E-state index contributed by atoms with van der Waals surface area (Å²) < 4.78 is 5.61. The van der Waals surface area contributed by atoms with E-state index in [1.165, 1.54) is 17.1 Å². The molecule has 1 aromatic carbocycles. The van der Waals surface area contributed by atoms with Crippen LogP contribution >= 0.6 is 23.1 Å². The van der Waals surface area contributed by atoms with Crippen LogP contribution in [0.3, 0.4) is 0 Å². The monoisotopic (exact) mass is 402 g/mol. The van der Waals surface area contributed by atoms with E-state index in [9.17, 15) is 4.79 Å². The van der Waals surface area contributed by atoms with Crippen LogP contribution in [0.15, 0.2) is 41.1 Å². The van der Waals surface area contributed by atoms with Gasteiger partial charge in [0.2, 0.25) is 0 Å². The molecule has 0 saturated carbocycles. The summed E-state index contributed by atoms with van der Waals surface area (Å²) in [5, 5.41) is 7.42. The smallest absolute Gasteiger partial charge is 0.251 e. The van der Waals surface area contributed by atoms with Gasteiger partial charge in [0.1, 0.15) is 0 Å². The number of benzene rings is 1. The Morgan fingerprint density at radius 2 is 1.81 bits per heavy atom. The van der Waals surface area contributed by atoms with Crippen LogP contribution < -0.4 is 5.32 Å². The first-order valence-electron chi connectivity index (χ1n) is 9.58. The number of hydrogen-bond acceptors (Lipinski definition) is 5. The van der Waals surface area contributed by atoms with Gasteiger partial charge in [0.15, 0.2) is 0 Å². The van der Waals surface area contributed by atoms with Crippen LogP contribution in [0.1, 0.15) is 23.2 Å². The Hall–Kier alpha value is -1.34. The summed E-state index contributed by atoms with van der Waals surface area (Å²) >= 11 is 3.71. The summed E-state index contributed by atoms with van der Waals surface area (Å²) in [6, 6.07) is 10.0. The lowest BCUT2D eigenvalue weighted by Gasteiger charge is -2.48. The second kappa shape index (κ2) is 8.78. The van der Waals surface area contributed by atoms with Crippen LogP contribution in [0.5, 0.6) is 0 Å². The van der Waals surface area contributed by atoms with Gasteiger partial charge in [-0.2, -0.15) is 23.1 Å². The summed E-state index contributed by atoms with van der Waals surface area (Å²) in [4.78, 5) is 15.3. The Balaban J connectivity index is 1.41. The minimum absolute atomic E-state index is 0.0177. The number of ether oxygens (including phenoxy) is 1. The van der Waals surface area contributed by atoms with Crippen molar-refractivity contribution in [1.82, 2.24) is 10.2 Å². The Bertz CT molecular complexity index is 734. The molecule has 1 N–H and O–H groups in total. The average Bonchev–Trinajstić information content (AvgIpc) is 3.28. The van der Waals surface area contributed by atoms with Crippen molar-refractivity contribution in [1.29, 1.82) is 0 Å². The lowest BCUT2D eigenvalue weighted by Crippen LogP contribution is -2.60. The van der Waals surface area contributed by atoms with Gasteiger partial charge in [-0.15, -0.1) is 0 Å². The highest BCUT2D eigenvalue weighted by atomic mass is 32.2. The SMILES string of the molecule is O=C(NCC1(N2CCSCC2)CCOCC1)c1ccc(-c2ccsc2)cc1. The molecule has 4 nitrogen and oxygen atoms in total. The molecule has 4 rings (SSSR count). The predicted molar refractivity (Wildman–Crippen MR) is 114 cm³/mol. The van der Waals surface area contributed by atoms with E-state index >= 15 is 0 Å². The van der Waals surface area contributed by atoms with Crippen molar-refractivity contribution < 1.29 is 9.53 Å². The van der Waals surface area contributed by atoms with E-state index in [0.717, 1.165) is 50.3 Å². The highest BCUT2D eigenvalue weighted by Gasteiger charge is 2.39. The van der Waals surface area contributed by atoms with Crippen LogP contribution in [-0.2, 0) is 4.74 Å². The topological polar surface area (TPSA) is 41.6 Å². The van der Waals surface area contributed by atoms with Crippen molar-refractivity contribution in [3.8, 4) is 11.1 Å². The molecule has 3 heterocycles. The number of nitrogens with zero attached hydrogens (tertiary/aromatic N) is 1. The number of nitrogens with one attached hydrogen (secondary N) is 1. The Labute approximate surface area is 169 Å². The van der Waals surface area contributed by atoms with Gasteiger partial charge in [0.25, 0.3) is 5.91 Å². The molecule has 2 aliphatic heterocycles. The second-order valence-corrected chi connectivity index (χ2v) is 9.21. The number of hydrogen-bond donors (Lipinski definition) is 1. The molecule has 0 spiro atoms. The first-order valence-corrected chi connectivity index (χ1v) is 11.7.